The number of benzene rings is 1. The Balaban J connectivity index is 1.87. The third-order valence-electron chi connectivity index (χ3n) is 3.86. The molecule has 3 rings (SSSR count). The molecule has 0 aliphatic heterocycles. The molecule has 0 saturated carbocycles. The van der Waals surface area contributed by atoms with Crippen molar-refractivity contribution < 1.29 is 12.9 Å². The third-order valence-corrected chi connectivity index (χ3v) is 4.84. The normalized spacial score (nSPS) is 14.3. The predicted molar refractivity (Wildman–Crippen MR) is 93.7 cm³/mol. The zero-order chi connectivity index (χ0) is 17.9. The summed E-state index contributed by atoms with van der Waals surface area (Å²) in [6, 6.07) is 12.8. The Labute approximate surface area is 146 Å². The van der Waals surface area contributed by atoms with Crippen molar-refractivity contribution in [2.24, 2.45) is 5.73 Å². The smallest absolute Gasteiger partial charge is 0.243 e. The molecule has 0 bridgehead atoms. The van der Waals surface area contributed by atoms with E-state index < -0.39 is 15.9 Å². The molecule has 7 nitrogen and oxygen atoms in total. The highest BCUT2D eigenvalue weighted by Crippen LogP contribution is 2.25. The molecule has 0 fully saturated rings. The van der Waals surface area contributed by atoms with Crippen LogP contribution in [0, 0.1) is 0 Å². The summed E-state index contributed by atoms with van der Waals surface area (Å²) in [5.74, 6) is 0.699. The second kappa shape index (κ2) is 7.20. The molecule has 2 heterocycles. The number of nitrogens with zero attached hydrogens (tertiary/aromatic N) is 3. The van der Waals surface area contributed by atoms with Crippen LogP contribution in [0.25, 0.3) is 0 Å². The Morgan fingerprint density at radius 3 is 2.48 bits per heavy atom. The number of rotatable bonds is 7. The minimum absolute atomic E-state index is 0.0222. The highest BCUT2D eigenvalue weighted by Gasteiger charge is 2.24. The molecule has 0 radical (unpaired) electrons. The first-order valence-electron chi connectivity index (χ1n) is 7.88. The van der Waals surface area contributed by atoms with Crippen molar-refractivity contribution in [2.75, 3.05) is 12.0 Å². The first kappa shape index (κ1) is 17.4. The van der Waals surface area contributed by atoms with E-state index in [0.29, 0.717) is 5.82 Å². The van der Waals surface area contributed by atoms with Crippen LogP contribution < -0.4 is 5.73 Å². The minimum atomic E-state index is -3.09. The molecule has 2 atom stereocenters. The lowest BCUT2D eigenvalue weighted by atomic mass is 10.1. The number of hydrogen-bond acceptors (Lipinski definition) is 6. The zero-order valence-electron chi connectivity index (χ0n) is 13.8. The Morgan fingerprint density at radius 2 is 1.84 bits per heavy atom. The fraction of sp³-hybridized carbons (Fsp3) is 0.294. The SMILES string of the molecule is CS(=O)(=O)CC[C@H](N)c1nc([C@@H](c2ccccc2)n2cccc2)no1. The average molecular weight is 360 g/mol. The summed E-state index contributed by atoms with van der Waals surface area (Å²) < 4.78 is 29.9. The van der Waals surface area contributed by atoms with Crippen LogP contribution in [0.1, 0.15) is 35.8 Å². The van der Waals surface area contributed by atoms with E-state index in [2.05, 4.69) is 10.1 Å². The van der Waals surface area contributed by atoms with Gasteiger partial charge in [-0.1, -0.05) is 35.5 Å². The summed E-state index contributed by atoms with van der Waals surface area (Å²) in [6.45, 7) is 0. The van der Waals surface area contributed by atoms with E-state index in [0.717, 1.165) is 5.56 Å². The van der Waals surface area contributed by atoms with Gasteiger partial charge in [-0.15, -0.1) is 0 Å². The van der Waals surface area contributed by atoms with Gasteiger partial charge in [0.1, 0.15) is 15.9 Å². The van der Waals surface area contributed by atoms with E-state index in [1.165, 1.54) is 6.26 Å². The van der Waals surface area contributed by atoms with Crippen molar-refractivity contribution in [3.05, 3.63) is 72.1 Å². The molecule has 0 amide bonds. The van der Waals surface area contributed by atoms with Crippen molar-refractivity contribution in [1.82, 2.24) is 14.7 Å². The molecule has 0 unspecified atom stereocenters. The summed E-state index contributed by atoms with van der Waals surface area (Å²) in [5.41, 5.74) is 7.02. The van der Waals surface area contributed by atoms with Gasteiger partial charge in [-0.05, 0) is 24.1 Å². The minimum Gasteiger partial charge on any atom is -0.339 e. The molecule has 132 valence electrons. The Kier molecular flexibility index (Phi) is 5.00. The van der Waals surface area contributed by atoms with Gasteiger partial charge >= 0.3 is 0 Å². The van der Waals surface area contributed by atoms with Crippen LogP contribution in [-0.4, -0.2) is 35.1 Å². The summed E-state index contributed by atoms with van der Waals surface area (Å²) >= 11 is 0. The topological polar surface area (TPSA) is 104 Å². The number of nitrogens with two attached hydrogens (primary N) is 1. The third kappa shape index (κ3) is 4.34. The standard InChI is InChI=1S/C17H20N4O3S/c1-25(22,23)12-9-14(18)17-19-16(20-24-17)15(21-10-5-6-11-21)13-7-3-2-4-8-13/h2-8,10-11,14-15H,9,12,18H2,1H3/t14-,15+/m0/s1. The first-order valence-corrected chi connectivity index (χ1v) is 9.94. The molecule has 0 saturated heterocycles. The summed E-state index contributed by atoms with van der Waals surface area (Å²) in [6.07, 6.45) is 5.27. The maximum Gasteiger partial charge on any atom is 0.243 e. The first-order chi connectivity index (χ1) is 11.9. The number of aromatic nitrogens is 3. The van der Waals surface area contributed by atoms with Gasteiger partial charge in [0.05, 0.1) is 11.8 Å². The van der Waals surface area contributed by atoms with Crippen molar-refractivity contribution in [2.45, 2.75) is 18.5 Å². The molecule has 8 heteroatoms. The van der Waals surface area contributed by atoms with E-state index in [1.54, 1.807) is 0 Å². The quantitative estimate of drug-likeness (QED) is 0.690. The summed E-state index contributed by atoms with van der Waals surface area (Å²) in [7, 11) is -3.09. The highest BCUT2D eigenvalue weighted by atomic mass is 32.2. The molecule has 0 aliphatic carbocycles. The second-order valence-electron chi connectivity index (χ2n) is 5.96. The molecule has 2 N–H and O–H groups in total. The van der Waals surface area contributed by atoms with E-state index in [9.17, 15) is 8.42 Å². The Morgan fingerprint density at radius 1 is 1.16 bits per heavy atom. The lowest BCUT2D eigenvalue weighted by molar-refractivity contribution is 0.346. The fourth-order valence-corrected chi connectivity index (χ4v) is 3.27. The molecule has 0 aliphatic rings. The van der Waals surface area contributed by atoms with Crippen LogP contribution in [0.15, 0.2) is 59.4 Å². The van der Waals surface area contributed by atoms with Gasteiger partial charge in [0.25, 0.3) is 0 Å². The summed E-state index contributed by atoms with van der Waals surface area (Å²) in [4.78, 5) is 4.43. The van der Waals surface area contributed by atoms with Gasteiger partial charge in [0.2, 0.25) is 5.89 Å². The second-order valence-corrected chi connectivity index (χ2v) is 8.22. The maximum atomic E-state index is 11.3. The van der Waals surface area contributed by atoms with E-state index >= 15 is 0 Å². The maximum absolute atomic E-state index is 11.3. The van der Waals surface area contributed by atoms with Gasteiger partial charge in [-0.3, -0.25) is 0 Å². The average Bonchev–Trinajstić information content (AvgIpc) is 3.26. The van der Waals surface area contributed by atoms with Crippen LogP contribution >= 0.6 is 0 Å². The lowest BCUT2D eigenvalue weighted by Crippen LogP contribution is -2.17. The number of hydrogen-bond donors (Lipinski definition) is 1. The largest absolute Gasteiger partial charge is 0.339 e. The molecule has 3 aromatic rings. The van der Waals surface area contributed by atoms with Gasteiger partial charge < -0.3 is 14.8 Å². The number of sulfone groups is 1. The predicted octanol–water partition coefficient (Wildman–Crippen LogP) is 1.94. The van der Waals surface area contributed by atoms with Crippen LogP contribution in [0.5, 0.6) is 0 Å². The van der Waals surface area contributed by atoms with E-state index in [-0.39, 0.29) is 24.1 Å². The molecule has 25 heavy (non-hydrogen) atoms. The van der Waals surface area contributed by atoms with Gasteiger partial charge in [0, 0.05) is 18.6 Å². The van der Waals surface area contributed by atoms with Gasteiger partial charge in [-0.2, -0.15) is 4.98 Å². The van der Waals surface area contributed by atoms with Crippen molar-refractivity contribution >= 4 is 9.84 Å². The lowest BCUT2D eigenvalue weighted by Gasteiger charge is -2.15. The van der Waals surface area contributed by atoms with Crippen LogP contribution in [0.3, 0.4) is 0 Å². The summed E-state index contributed by atoms with van der Waals surface area (Å²) in [5, 5.41) is 4.08. The van der Waals surface area contributed by atoms with Crippen molar-refractivity contribution in [3.8, 4) is 0 Å². The Bertz CT molecular complexity index is 905. The van der Waals surface area contributed by atoms with Crippen LogP contribution in [-0.2, 0) is 9.84 Å². The fourth-order valence-electron chi connectivity index (χ4n) is 2.58. The monoisotopic (exact) mass is 360 g/mol. The van der Waals surface area contributed by atoms with Gasteiger partial charge in [-0.25, -0.2) is 8.42 Å². The van der Waals surface area contributed by atoms with E-state index in [4.69, 9.17) is 10.3 Å². The molecular formula is C17H20N4O3S. The highest BCUT2D eigenvalue weighted by molar-refractivity contribution is 7.90. The zero-order valence-corrected chi connectivity index (χ0v) is 14.6. The molecule has 1 aromatic carbocycles. The molecular weight excluding hydrogens is 340 g/mol. The molecule has 0 spiro atoms. The van der Waals surface area contributed by atoms with Crippen molar-refractivity contribution in [1.29, 1.82) is 0 Å². The van der Waals surface area contributed by atoms with Crippen molar-refractivity contribution in [3.63, 3.8) is 0 Å². The van der Waals surface area contributed by atoms with Gasteiger partial charge in [0.15, 0.2) is 5.82 Å². The Hall–Kier alpha value is -2.45. The van der Waals surface area contributed by atoms with Crippen LogP contribution in [0.4, 0.5) is 0 Å². The van der Waals surface area contributed by atoms with E-state index in [1.807, 2.05) is 59.4 Å². The van der Waals surface area contributed by atoms with Crippen LogP contribution in [0.2, 0.25) is 0 Å². The molecule has 2 aromatic heterocycles.